The number of aryl methyl sites for hydroxylation is 1. The number of aromatic hydroxyl groups is 1. The zero-order valence-corrected chi connectivity index (χ0v) is 14.8. The Balaban J connectivity index is 1.83. The van der Waals surface area contributed by atoms with Gasteiger partial charge in [-0.25, -0.2) is 0 Å². The number of phenolic OH excluding ortho intramolecular Hbond substituents is 1. The summed E-state index contributed by atoms with van der Waals surface area (Å²) in [5, 5.41) is 24.7. The molecule has 7 nitrogen and oxygen atoms in total. The molecule has 0 bridgehead atoms. The second-order valence-electron chi connectivity index (χ2n) is 6.34. The number of amides is 1. The van der Waals surface area contributed by atoms with E-state index >= 15 is 0 Å². The number of non-ortho nitro benzene ring substituents is 1. The first-order chi connectivity index (χ1) is 12.9. The second-order valence-corrected chi connectivity index (χ2v) is 6.78. The van der Waals surface area contributed by atoms with Crippen molar-refractivity contribution in [2.75, 3.05) is 5.32 Å². The van der Waals surface area contributed by atoms with E-state index < -0.39 is 10.8 Å². The van der Waals surface area contributed by atoms with Gasteiger partial charge in [-0.15, -0.1) is 0 Å². The van der Waals surface area contributed by atoms with Gasteiger partial charge in [0.15, 0.2) is 0 Å². The van der Waals surface area contributed by atoms with Crippen molar-refractivity contribution in [2.24, 2.45) is 0 Å². The minimum atomic E-state index is -0.589. The molecular weight excluding hydrogens is 370 g/mol. The predicted molar refractivity (Wildman–Crippen MR) is 101 cm³/mol. The van der Waals surface area contributed by atoms with Crippen molar-refractivity contribution in [3.63, 3.8) is 0 Å². The van der Waals surface area contributed by atoms with Crippen LogP contribution in [0.25, 0.3) is 10.9 Å². The van der Waals surface area contributed by atoms with E-state index in [-0.39, 0.29) is 17.1 Å². The number of aromatic nitrogens is 1. The highest BCUT2D eigenvalue weighted by atomic mass is 35.5. The van der Waals surface area contributed by atoms with E-state index in [2.05, 4.69) is 10.3 Å². The Morgan fingerprint density at radius 1 is 1.22 bits per heavy atom. The van der Waals surface area contributed by atoms with Gasteiger partial charge in [0, 0.05) is 28.2 Å². The van der Waals surface area contributed by atoms with Gasteiger partial charge in [0.2, 0.25) is 0 Å². The number of halogens is 1. The lowest BCUT2D eigenvalue weighted by Crippen LogP contribution is -2.16. The van der Waals surface area contributed by atoms with Crippen LogP contribution in [-0.4, -0.2) is 20.9 Å². The number of nitrogens with zero attached hydrogens (tertiary/aromatic N) is 2. The van der Waals surface area contributed by atoms with Crippen LogP contribution >= 0.6 is 11.6 Å². The number of phenols is 1. The van der Waals surface area contributed by atoms with Crippen LogP contribution in [0.4, 0.5) is 11.4 Å². The van der Waals surface area contributed by atoms with E-state index in [1.165, 1.54) is 12.1 Å². The van der Waals surface area contributed by atoms with Crippen LogP contribution < -0.4 is 5.32 Å². The quantitative estimate of drug-likeness (QED) is 0.399. The predicted octanol–water partition coefficient (Wildman–Crippen LogP) is 4.24. The Labute approximate surface area is 158 Å². The van der Waals surface area contributed by atoms with Crippen molar-refractivity contribution in [1.29, 1.82) is 0 Å². The molecule has 0 saturated heterocycles. The maximum absolute atomic E-state index is 13.1. The first kappa shape index (κ1) is 17.2. The van der Waals surface area contributed by atoms with Gasteiger partial charge < -0.3 is 10.4 Å². The summed E-state index contributed by atoms with van der Waals surface area (Å²) in [5.74, 6) is -0.708. The summed E-state index contributed by atoms with van der Waals surface area (Å²) in [6.07, 6.45) is 2.40. The summed E-state index contributed by atoms with van der Waals surface area (Å²) in [7, 11) is 0. The summed E-state index contributed by atoms with van der Waals surface area (Å²) in [6.45, 7) is 0. The molecule has 27 heavy (non-hydrogen) atoms. The smallest absolute Gasteiger partial charge is 0.271 e. The molecule has 0 atom stereocenters. The van der Waals surface area contributed by atoms with E-state index in [9.17, 15) is 20.0 Å². The molecule has 1 aliphatic rings. The number of nitro groups is 1. The number of nitro benzene ring substituents is 1. The molecule has 0 aliphatic heterocycles. The molecule has 0 unspecified atom stereocenters. The highest BCUT2D eigenvalue weighted by Gasteiger charge is 2.25. The minimum Gasteiger partial charge on any atom is -0.506 e. The van der Waals surface area contributed by atoms with E-state index in [1.54, 1.807) is 18.2 Å². The first-order valence-corrected chi connectivity index (χ1v) is 8.71. The number of rotatable bonds is 3. The van der Waals surface area contributed by atoms with E-state index in [4.69, 9.17) is 11.6 Å². The number of anilines is 1. The molecule has 1 heterocycles. The van der Waals surface area contributed by atoms with Gasteiger partial charge >= 0.3 is 0 Å². The largest absolute Gasteiger partial charge is 0.506 e. The van der Waals surface area contributed by atoms with Crippen LogP contribution in [0.5, 0.6) is 5.75 Å². The number of nitrogens with one attached hydrogen (secondary N) is 1. The third-order valence-electron chi connectivity index (χ3n) is 4.64. The number of hydrogen-bond acceptors (Lipinski definition) is 5. The molecule has 2 N–H and O–H groups in total. The molecule has 0 radical (unpaired) electrons. The highest BCUT2D eigenvalue weighted by molar-refractivity contribution is 6.31. The molecule has 1 aromatic heterocycles. The van der Waals surface area contributed by atoms with Gasteiger partial charge in [0.1, 0.15) is 5.75 Å². The molecule has 0 fully saturated rings. The van der Waals surface area contributed by atoms with Gasteiger partial charge in [0.05, 0.1) is 21.7 Å². The number of benzene rings is 2. The molecule has 136 valence electrons. The monoisotopic (exact) mass is 383 g/mol. The Morgan fingerprint density at radius 2 is 2.04 bits per heavy atom. The van der Waals surface area contributed by atoms with Crippen molar-refractivity contribution in [3.05, 3.63) is 68.4 Å². The van der Waals surface area contributed by atoms with Crippen LogP contribution in [0, 0.1) is 10.1 Å². The van der Waals surface area contributed by atoms with Gasteiger partial charge in [-0.2, -0.15) is 0 Å². The Bertz CT molecular complexity index is 1110. The molecule has 4 rings (SSSR count). The van der Waals surface area contributed by atoms with Crippen LogP contribution in [0.15, 0.2) is 36.4 Å². The Kier molecular flexibility index (Phi) is 4.16. The topological polar surface area (TPSA) is 105 Å². The SMILES string of the molecule is O=C(Nc1cc([N+](=O)[O-])ccc1O)c1c2c(nc3ccc(Cl)cc13)CCC2. The van der Waals surface area contributed by atoms with Crippen molar-refractivity contribution >= 4 is 39.8 Å². The molecule has 0 spiro atoms. The summed E-state index contributed by atoms with van der Waals surface area (Å²) >= 11 is 6.11. The summed E-state index contributed by atoms with van der Waals surface area (Å²) in [6, 6.07) is 8.64. The van der Waals surface area contributed by atoms with Crippen LogP contribution in [-0.2, 0) is 12.8 Å². The number of fused-ring (bicyclic) bond motifs is 2. The molecule has 1 aliphatic carbocycles. The maximum atomic E-state index is 13.1. The first-order valence-electron chi connectivity index (χ1n) is 8.34. The molecule has 2 aromatic carbocycles. The number of carbonyl (C=O) groups excluding carboxylic acids is 1. The summed E-state index contributed by atoms with van der Waals surface area (Å²) in [4.78, 5) is 28.1. The van der Waals surface area contributed by atoms with Crippen molar-refractivity contribution in [2.45, 2.75) is 19.3 Å². The zero-order chi connectivity index (χ0) is 19.1. The summed E-state index contributed by atoms with van der Waals surface area (Å²) in [5.41, 5.74) is 2.59. The van der Waals surface area contributed by atoms with Gasteiger partial charge in [-0.1, -0.05) is 11.6 Å². The molecule has 8 heteroatoms. The Hall–Kier alpha value is -3.19. The zero-order valence-electron chi connectivity index (χ0n) is 14.0. The normalized spacial score (nSPS) is 12.8. The minimum absolute atomic E-state index is 0.0204. The van der Waals surface area contributed by atoms with Gasteiger partial charge in [-0.3, -0.25) is 19.9 Å². The maximum Gasteiger partial charge on any atom is 0.271 e. The van der Waals surface area contributed by atoms with Crippen molar-refractivity contribution < 1.29 is 14.8 Å². The fourth-order valence-corrected chi connectivity index (χ4v) is 3.59. The third-order valence-corrected chi connectivity index (χ3v) is 4.88. The lowest BCUT2D eigenvalue weighted by molar-refractivity contribution is -0.384. The number of carbonyl (C=O) groups is 1. The van der Waals surface area contributed by atoms with Crippen LogP contribution in [0.1, 0.15) is 28.0 Å². The number of hydrogen-bond donors (Lipinski definition) is 2. The average molecular weight is 384 g/mol. The third kappa shape index (κ3) is 3.06. The lowest BCUT2D eigenvalue weighted by atomic mass is 10.0. The second kappa shape index (κ2) is 6.51. The van der Waals surface area contributed by atoms with Crippen molar-refractivity contribution in [3.8, 4) is 5.75 Å². The van der Waals surface area contributed by atoms with E-state index in [1.807, 2.05) is 0 Å². The summed E-state index contributed by atoms with van der Waals surface area (Å²) < 4.78 is 0. The highest BCUT2D eigenvalue weighted by Crippen LogP contribution is 2.33. The standard InChI is InChI=1S/C19H14ClN3O4/c20-10-4-6-15-13(8-10)18(12-2-1-3-14(12)21-15)19(25)22-16-9-11(23(26)27)5-7-17(16)24/h4-9,24H,1-3H2,(H,22,25). The molecular formula is C19H14ClN3O4. The number of pyridine rings is 1. The lowest BCUT2D eigenvalue weighted by Gasteiger charge is -2.13. The van der Waals surface area contributed by atoms with Crippen LogP contribution in [0.2, 0.25) is 5.02 Å². The van der Waals surface area contributed by atoms with E-state index in [0.717, 1.165) is 30.2 Å². The average Bonchev–Trinajstić information content (AvgIpc) is 3.09. The van der Waals surface area contributed by atoms with Gasteiger partial charge in [0.25, 0.3) is 11.6 Å². The van der Waals surface area contributed by atoms with Gasteiger partial charge in [-0.05, 0) is 49.1 Å². The molecule has 0 saturated carbocycles. The van der Waals surface area contributed by atoms with Crippen molar-refractivity contribution in [1.82, 2.24) is 4.98 Å². The molecule has 1 amide bonds. The van der Waals surface area contributed by atoms with E-state index in [0.29, 0.717) is 27.9 Å². The molecule has 3 aromatic rings. The fraction of sp³-hybridized carbons (Fsp3) is 0.158. The van der Waals surface area contributed by atoms with Crippen LogP contribution in [0.3, 0.4) is 0 Å². The Morgan fingerprint density at radius 3 is 2.81 bits per heavy atom. The fourth-order valence-electron chi connectivity index (χ4n) is 3.42.